The maximum atomic E-state index is 9.93. The maximum absolute atomic E-state index is 9.93. The van der Waals surface area contributed by atoms with Gasteiger partial charge in [-0.15, -0.1) is 5.10 Å². The van der Waals surface area contributed by atoms with E-state index >= 15 is 0 Å². The Balaban J connectivity index is 0.000000861. The van der Waals surface area contributed by atoms with Gasteiger partial charge in [-0.2, -0.15) is 0 Å². The lowest BCUT2D eigenvalue weighted by Gasteiger charge is -2.09. The van der Waals surface area contributed by atoms with Gasteiger partial charge in [0.25, 0.3) is 0 Å². The predicted octanol–water partition coefficient (Wildman–Crippen LogP) is 3.68. The van der Waals surface area contributed by atoms with E-state index in [0.29, 0.717) is 11.7 Å². The number of phenols is 1. The first-order chi connectivity index (χ1) is 9.11. The van der Waals surface area contributed by atoms with Crippen LogP contribution < -0.4 is 0 Å². The standard InChI is InChI=1S/C13H17N3O.C2H6/c1-4-10-8-16(15-14-10)11-5-6-12(9(2)3)13(17)7-11;1-2/h5-9,17H,4H2,1-3H3;1-2H3. The van der Waals surface area contributed by atoms with Gasteiger partial charge in [0.15, 0.2) is 0 Å². The van der Waals surface area contributed by atoms with Gasteiger partial charge in [-0.05, 0) is 24.0 Å². The van der Waals surface area contributed by atoms with E-state index in [-0.39, 0.29) is 0 Å². The first-order valence-electron chi connectivity index (χ1n) is 6.86. The van der Waals surface area contributed by atoms with Gasteiger partial charge in [0, 0.05) is 6.07 Å². The normalized spacial score (nSPS) is 10.2. The fourth-order valence-electron chi connectivity index (χ4n) is 1.75. The molecule has 19 heavy (non-hydrogen) atoms. The molecule has 0 aliphatic heterocycles. The van der Waals surface area contributed by atoms with E-state index in [9.17, 15) is 5.11 Å². The summed E-state index contributed by atoms with van der Waals surface area (Å²) in [5, 5.41) is 18.0. The molecule has 4 heteroatoms. The molecule has 1 aromatic carbocycles. The molecule has 1 heterocycles. The molecule has 0 aliphatic carbocycles. The molecule has 1 N–H and O–H groups in total. The van der Waals surface area contributed by atoms with Crippen molar-refractivity contribution in [2.24, 2.45) is 0 Å². The number of benzene rings is 1. The summed E-state index contributed by atoms with van der Waals surface area (Å²) < 4.78 is 1.68. The summed E-state index contributed by atoms with van der Waals surface area (Å²) in [6, 6.07) is 5.61. The van der Waals surface area contributed by atoms with E-state index in [4.69, 9.17) is 0 Å². The molecular weight excluding hydrogens is 238 g/mol. The Labute approximate surface area is 115 Å². The summed E-state index contributed by atoms with van der Waals surface area (Å²) in [5.41, 5.74) is 2.72. The molecule has 0 fully saturated rings. The first kappa shape index (κ1) is 15.2. The topological polar surface area (TPSA) is 50.9 Å². The molecule has 1 aromatic heterocycles. The summed E-state index contributed by atoms with van der Waals surface area (Å²) >= 11 is 0. The van der Waals surface area contributed by atoms with Crippen molar-refractivity contribution in [3.05, 3.63) is 35.7 Å². The van der Waals surface area contributed by atoms with E-state index in [0.717, 1.165) is 23.4 Å². The quantitative estimate of drug-likeness (QED) is 0.916. The Morgan fingerprint density at radius 3 is 2.42 bits per heavy atom. The van der Waals surface area contributed by atoms with E-state index in [1.165, 1.54) is 0 Å². The van der Waals surface area contributed by atoms with Crippen LogP contribution in [0.1, 0.15) is 51.8 Å². The van der Waals surface area contributed by atoms with Crippen LogP contribution >= 0.6 is 0 Å². The lowest BCUT2D eigenvalue weighted by atomic mass is 10.0. The number of nitrogens with zero attached hydrogens (tertiary/aromatic N) is 3. The Kier molecular flexibility index (Phi) is 5.55. The largest absolute Gasteiger partial charge is 0.508 e. The second-order valence-electron chi connectivity index (χ2n) is 4.41. The average molecular weight is 261 g/mol. The number of rotatable bonds is 3. The van der Waals surface area contributed by atoms with Crippen LogP contribution in [-0.2, 0) is 6.42 Å². The fraction of sp³-hybridized carbons (Fsp3) is 0.467. The second-order valence-corrected chi connectivity index (χ2v) is 4.41. The third-order valence-electron chi connectivity index (χ3n) is 2.80. The number of phenolic OH excluding ortho intramolecular Hbond substituents is 1. The van der Waals surface area contributed by atoms with Gasteiger partial charge in [0.05, 0.1) is 17.6 Å². The minimum absolute atomic E-state index is 0.311. The smallest absolute Gasteiger partial charge is 0.121 e. The van der Waals surface area contributed by atoms with Crippen molar-refractivity contribution in [3.63, 3.8) is 0 Å². The highest BCUT2D eigenvalue weighted by Gasteiger charge is 2.08. The van der Waals surface area contributed by atoms with Gasteiger partial charge >= 0.3 is 0 Å². The van der Waals surface area contributed by atoms with Crippen molar-refractivity contribution in [1.29, 1.82) is 0 Å². The van der Waals surface area contributed by atoms with Crippen molar-refractivity contribution in [2.75, 3.05) is 0 Å². The maximum Gasteiger partial charge on any atom is 0.121 e. The Hall–Kier alpha value is -1.84. The average Bonchev–Trinajstić information content (AvgIpc) is 2.89. The Morgan fingerprint density at radius 1 is 1.26 bits per heavy atom. The van der Waals surface area contributed by atoms with Crippen molar-refractivity contribution >= 4 is 0 Å². The van der Waals surface area contributed by atoms with E-state index in [1.54, 1.807) is 10.7 Å². The van der Waals surface area contributed by atoms with Gasteiger partial charge in [-0.3, -0.25) is 0 Å². The fourth-order valence-corrected chi connectivity index (χ4v) is 1.75. The molecular formula is C15H23N3O. The molecule has 0 amide bonds. The van der Waals surface area contributed by atoms with Gasteiger partial charge < -0.3 is 5.11 Å². The van der Waals surface area contributed by atoms with Crippen molar-refractivity contribution in [3.8, 4) is 11.4 Å². The van der Waals surface area contributed by atoms with Crippen LogP contribution in [0, 0.1) is 0 Å². The summed E-state index contributed by atoms with van der Waals surface area (Å²) in [6.07, 6.45) is 2.74. The molecule has 0 radical (unpaired) electrons. The van der Waals surface area contributed by atoms with Crippen molar-refractivity contribution < 1.29 is 5.11 Å². The minimum Gasteiger partial charge on any atom is -0.508 e. The molecule has 0 spiro atoms. The van der Waals surface area contributed by atoms with Crippen LogP contribution in [-0.4, -0.2) is 20.1 Å². The molecule has 2 aromatic rings. The summed E-state index contributed by atoms with van der Waals surface area (Å²) in [5.74, 6) is 0.622. The second kappa shape index (κ2) is 6.92. The van der Waals surface area contributed by atoms with Crippen LogP contribution in [0.5, 0.6) is 5.75 Å². The number of hydrogen-bond donors (Lipinski definition) is 1. The molecule has 0 aliphatic rings. The molecule has 4 nitrogen and oxygen atoms in total. The summed E-state index contributed by atoms with van der Waals surface area (Å²) in [4.78, 5) is 0. The van der Waals surface area contributed by atoms with Crippen LogP contribution in [0.3, 0.4) is 0 Å². The van der Waals surface area contributed by atoms with Gasteiger partial charge in [-0.1, -0.05) is 45.9 Å². The van der Waals surface area contributed by atoms with Crippen LogP contribution in [0.25, 0.3) is 5.69 Å². The zero-order valence-electron chi connectivity index (χ0n) is 12.4. The van der Waals surface area contributed by atoms with Crippen LogP contribution in [0.4, 0.5) is 0 Å². The zero-order valence-corrected chi connectivity index (χ0v) is 12.4. The third kappa shape index (κ3) is 3.56. The number of aromatic hydroxyl groups is 1. The van der Waals surface area contributed by atoms with E-state index in [2.05, 4.69) is 24.2 Å². The summed E-state index contributed by atoms with van der Waals surface area (Å²) in [6.45, 7) is 10.1. The van der Waals surface area contributed by atoms with Gasteiger partial charge in [0.1, 0.15) is 5.75 Å². The minimum atomic E-state index is 0.311. The molecule has 104 valence electrons. The number of aromatic nitrogens is 3. The van der Waals surface area contributed by atoms with E-state index < -0.39 is 0 Å². The lowest BCUT2D eigenvalue weighted by Crippen LogP contribution is -1.96. The van der Waals surface area contributed by atoms with E-state index in [1.807, 2.05) is 39.1 Å². The van der Waals surface area contributed by atoms with Crippen molar-refractivity contribution in [2.45, 2.75) is 47.0 Å². The lowest BCUT2D eigenvalue weighted by molar-refractivity contribution is 0.464. The predicted molar refractivity (Wildman–Crippen MR) is 77.8 cm³/mol. The van der Waals surface area contributed by atoms with Gasteiger partial charge in [0.2, 0.25) is 0 Å². The van der Waals surface area contributed by atoms with Crippen LogP contribution in [0.15, 0.2) is 24.4 Å². The SMILES string of the molecule is CC.CCc1cn(-c2ccc(C(C)C)c(O)c2)nn1. The van der Waals surface area contributed by atoms with Crippen molar-refractivity contribution in [1.82, 2.24) is 15.0 Å². The molecule has 0 saturated heterocycles. The molecule has 0 atom stereocenters. The monoisotopic (exact) mass is 261 g/mol. The third-order valence-corrected chi connectivity index (χ3v) is 2.80. The highest BCUT2D eigenvalue weighted by Crippen LogP contribution is 2.27. The molecule has 0 saturated carbocycles. The highest BCUT2D eigenvalue weighted by molar-refractivity contribution is 5.44. The highest BCUT2D eigenvalue weighted by atomic mass is 16.3. The molecule has 2 rings (SSSR count). The Bertz CT molecular complexity index is 518. The first-order valence-corrected chi connectivity index (χ1v) is 6.86. The molecule has 0 unspecified atom stereocenters. The Morgan fingerprint density at radius 2 is 1.95 bits per heavy atom. The number of aryl methyl sites for hydroxylation is 1. The summed E-state index contributed by atoms with van der Waals surface area (Å²) in [7, 11) is 0. The zero-order chi connectivity index (χ0) is 14.4. The van der Waals surface area contributed by atoms with Gasteiger partial charge in [-0.25, -0.2) is 4.68 Å². The van der Waals surface area contributed by atoms with Crippen LogP contribution in [0.2, 0.25) is 0 Å². The number of hydrogen-bond acceptors (Lipinski definition) is 3. The molecule has 0 bridgehead atoms.